The topological polar surface area (TPSA) is 73.9 Å². The largest absolute Gasteiger partial charge is 0.497 e. The molecule has 0 radical (unpaired) electrons. The molecule has 0 fully saturated rings. The number of carbonyl (C=O) groups is 2. The Kier molecular flexibility index (Phi) is 7.29. The summed E-state index contributed by atoms with van der Waals surface area (Å²) in [5.74, 6) is 0.347. The molecule has 0 saturated heterocycles. The van der Waals surface area contributed by atoms with E-state index >= 15 is 0 Å². The van der Waals surface area contributed by atoms with Crippen LogP contribution in [0, 0.1) is 0 Å². The Bertz CT molecular complexity index is 1000. The molecule has 0 spiro atoms. The Morgan fingerprint density at radius 1 is 0.933 bits per heavy atom. The minimum Gasteiger partial charge on any atom is -0.497 e. The zero-order valence-corrected chi connectivity index (χ0v) is 17.0. The highest BCUT2D eigenvalue weighted by molar-refractivity contribution is 6.30. The van der Waals surface area contributed by atoms with Crippen molar-refractivity contribution in [2.45, 2.75) is 6.61 Å². The number of carbonyl (C=O) groups excluding carboxylic acids is 2. The second kappa shape index (κ2) is 10.3. The highest BCUT2D eigenvalue weighted by Crippen LogP contribution is 2.17. The number of methoxy groups -OCH3 is 1. The van der Waals surface area contributed by atoms with Gasteiger partial charge in [0.25, 0.3) is 5.91 Å². The smallest absolute Gasteiger partial charge is 0.338 e. The fourth-order valence-corrected chi connectivity index (χ4v) is 2.67. The molecule has 3 aromatic rings. The maximum Gasteiger partial charge on any atom is 0.338 e. The van der Waals surface area contributed by atoms with E-state index in [0.717, 1.165) is 5.56 Å². The van der Waals surface area contributed by atoms with Crippen LogP contribution in [-0.2, 0) is 16.1 Å². The number of anilines is 1. The summed E-state index contributed by atoms with van der Waals surface area (Å²) in [7, 11) is 1.56. The molecule has 0 aliphatic rings. The minimum absolute atomic E-state index is 0.151. The minimum atomic E-state index is -0.452. The van der Waals surface area contributed by atoms with E-state index in [1.54, 1.807) is 79.9 Å². The van der Waals surface area contributed by atoms with Gasteiger partial charge in [0, 0.05) is 16.8 Å². The van der Waals surface area contributed by atoms with Gasteiger partial charge in [-0.05, 0) is 54.1 Å². The van der Waals surface area contributed by atoms with Crippen LogP contribution in [0.1, 0.15) is 15.9 Å². The van der Waals surface area contributed by atoms with Crippen LogP contribution < -0.4 is 14.8 Å². The van der Waals surface area contributed by atoms with Crippen molar-refractivity contribution in [3.05, 3.63) is 88.9 Å². The van der Waals surface area contributed by atoms with E-state index in [4.69, 9.17) is 25.8 Å². The van der Waals surface area contributed by atoms with E-state index in [-0.39, 0.29) is 19.1 Å². The van der Waals surface area contributed by atoms with Crippen molar-refractivity contribution >= 4 is 29.2 Å². The number of nitrogens with one attached hydrogen (secondary N) is 1. The highest BCUT2D eigenvalue weighted by atomic mass is 35.5. The quantitative estimate of drug-likeness (QED) is 0.528. The first-order valence-corrected chi connectivity index (χ1v) is 9.49. The lowest BCUT2D eigenvalue weighted by molar-refractivity contribution is -0.118. The Morgan fingerprint density at radius 2 is 1.67 bits per heavy atom. The number of ether oxygens (including phenoxy) is 3. The highest BCUT2D eigenvalue weighted by Gasteiger charge is 2.09. The molecule has 0 bridgehead atoms. The maximum atomic E-state index is 12.2. The molecule has 3 aromatic carbocycles. The van der Waals surface area contributed by atoms with E-state index in [0.29, 0.717) is 27.8 Å². The van der Waals surface area contributed by atoms with E-state index in [1.807, 2.05) is 0 Å². The van der Waals surface area contributed by atoms with Crippen molar-refractivity contribution in [1.82, 2.24) is 0 Å². The molecule has 3 rings (SSSR count). The van der Waals surface area contributed by atoms with Gasteiger partial charge in [-0.15, -0.1) is 0 Å². The van der Waals surface area contributed by atoms with Crippen molar-refractivity contribution in [3.8, 4) is 11.5 Å². The standard InChI is InChI=1S/C23H20ClNO5/c1-28-21-4-2-3-19(13-21)25-22(26)15-29-20-11-7-17(8-12-20)23(27)30-14-16-5-9-18(24)10-6-16/h2-13H,14-15H2,1H3,(H,25,26). The predicted octanol–water partition coefficient (Wildman–Crippen LogP) is 4.72. The van der Waals surface area contributed by atoms with Gasteiger partial charge in [0.2, 0.25) is 0 Å². The van der Waals surface area contributed by atoms with Gasteiger partial charge >= 0.3 is 5.97 Å². The number of hydrogen-bond acceptors (Lipinski definition) is 5. The van der Waals surface area contributed by atoms with E-state index < -0.39 is 5.97 Å². The molecule has 0 saturated carbocycles. The predicted molar refractivity (Wildman–Crippen MR) is 114 cm³/mol. The lowest BCUT2D eigenvalue weighted by Crippen LogP contribution is -2.20. The molecule has 0 aliphatic carbocycles. The lowest BCUT2D eigenvalue weighted by atomic mass is 10.2. The number of halogens is 1. The lowest BCUT2D eigenvalue weighted by Gasteiger charge is -2.09. The second-order valence-electron chi connectivity index (χ2n) is 6.30. The average molecular weight is 426 g/mol. The molecule has 1 N–H and O–H groups in total. The first-order valence-electron chi connectivity index (χ1n) is 9.12. The van der Waals surface area contributed by atoms with Gasteiger partial charge in [-0.3, -0.25) is 4.79 Å². The summed E-state index contributed by atoms with van der Waals surface area (Å²) in [4.78, 5) is 24.2. The van der Waals surface area contributed by atoms with Crippen LogP contribution in [0.25, 0.3) is 0 Å². The van der Waals surface area contributed by atoms with Crippen molar-refractivity contribution in [3.63, 3.8) is 0 Å². The van der Waals surface area contributed by atoms with Crippen LogP contribution in [-0.4, -0.2) is 25.6 Å². The molecule has 0 aromatic heterocycles. The summed E-state index contributed by atoms with van der Waals surface area (Å²) < 4.78 is 15.9. The first-order chi connectivity index (χ1) is 14.5. The fourth-order valence-electron chi connectivity index (χ4n) is 2.55. The van der Waals surface area contributed by atoms with Gasteiger partial charge in [0.05, 0.1) is 12.7 Å². The van der Waals surface area contributed by atoms with Crippen LogP contribution >= 0.6 is 11.6 Å². The summed E-state index contributed by atoms with van der Waals surface area (Å²) in [6.45, 7) is -0.0176. The number of benzene rings is 3. The van der Waals surface area contributed by atoms with Crippen molar-refractivity contribution < 1.29 is 23.8 Å². The molecule has 7 heteroatoms. The van der Waals surface area contributed by atoms with Crippen LogP contribution in [0.2, 0.25) is 5.02 Å². The van der Waals surface area contributed by atoms with E-state index in [2.05, 4.69) is 5.32 Å². The summed E-state index contributed by atoms with van der Waals surface area (Å²) >= 11 is 5.83. The molecular weight excluding hydrogens is 406 g/mol. The molecule has 154 valence electrons. The molecule has 6 nitrogen and oxygen atoms in total. The number of amides is 1. The van der Waals surface area contributed by atoms with Gasteiger partial charge in [0.15, 0.2) is 6.61 Å². The SMILES string of the molecule is COc1cccc(NC(=O)COc2ccc(C(=O)OCc3ccc(Cl)cc3)cc2)c1. The third-order valence-electron chi connectivity index (χ3n) is 4.10. The van der Waals surface area contributed by atoms with Crippen molar-refractivity contribution in [1.29, 1.82) is 0 Å². The second-order valence-corrected chi connectivity index (χ2v) is 6.73. The van der Waals surface area contributed by atoms with Gasteiger partial charge in [-0.2, -0.15) is 0 Å². The summed E-state index contributed by atoms with van der Waals surface area (Å²) in [6.07, 6.45) is 0. The zero-order valence-electron chi connectivity index (χ0n) is 16.3. The fraction of sp³-hybridized carbons (Fsp3) is 0.130. The first kappa shape index (κ1) is 21.2. The Hall–Kier alpha value is -3.51. The number of esters is 1. The molecule has 0 aliphatic heterocycles. The van der Waals surface area contributed by atoms with E-state index in [9.17, 15) is 9.59 Å². The van der Waals surface area contributed by atoms with Crippen molar-refractivity contribution in [2.24, 2.45) is 0 Å². The third kappa shape index (κ3) is 6.25. The Morgan fingerprint density at radius 3 is 2.37 bits per heavy atom. The molecule has 30 heavy (non-hydrogen) atoms. The Labute approximate surface area is 179 Å². The average Bonchev–Trinajstić information content (AvgIpc) is 2.77. The van der Waals surface area contributed by atoms with Gasteiger partial charge in [0.1, 0.15) is 18.1 Å². The number of rotatable bonds is 8. The van der Waals surface area contributed by atoms with Crippen LogP contribution in [0.5, 0.6) is 11.5 Å². The molecule has 0 atom stereocenters. The van der Waals surface area contributed by atoms with Crippen LogP contribution in [0.4, 0.5) is 5.69 Å². The summed E-state index contributed by atoms with van der Waals surface area (Å²) in [6, 6.07) is 20.5. The summed E-state index contributed by atoms with van der Waals surface area (Å²) in [5, 5.41) is 3.35. The normalized spacial score (nSPS) is 10.2. The molecule has 0 unspecified atom stereocenters. The van der Waals surface area contributed by atoms with Crippen LogP contribution in [0.15, 0.2) is 72.8 Å². The molecular formula is C23H20ClNO5. The van der Waals surface area contributed by atoms with E-state index in [1.165, 1.54) is 0 Å². The van der Waals surface area contributed by atoms with Crippen molar-refractivity contribution in [2.75, 3.05) is 19.0 Å². The van der Waals surface area contributed by atoms with Gasteiger partial charge in [-0.25, -0.2) is 4.79 Å². The molecule has 0 heterocycles. The maximum absolute atomic E-state index is 12.2. The monoisotopic (exact) mass is 425 g/mol. The summed E-state index contributed by atoms with van der Waals surface area (Å²) in [5.41, 5.74) is 1.84. The van der Waals surface area contributed by atoms with Crippen LogP contribution in [0.3, 0.4) is 0 Å². The Balaban J connectivity index is 1.47. The number of hydrogen-bond donors (Lipinski definition) is 1. The molecule has 1 amide bonds. The van der Waals surface area contributed by atoms with Gasteiger partial charge in [-0.1, -0.05) is 29.8 Å². The van der Waals surface area contributed by atoms with Gasteiger partial charge < -0.3 is 19.5 Å². The zero-order chi connectivity index (χ0) is 21.3. The third-order valence-corrected chi connectivity index (χ3v) is 4.35.